The van der Waals surface area contributed by atoms with Crippen LogP contribution >= 0.6 is 11.6 Å². The van der Waals surface area contributed by atoms with Gasteiger partial charge in [0, 0.05) is 36.3 Å². The van der Waals surface area contributed by atoms with Crippen molar-refractivity contribution >= 4 is 53.3 Å². The molecule has 2 heterocycles. The molecule has 0 saturated heterocycles. The Balaban J connectivity index is 1.23. The lowest BCUT2D eigenvalue weighted by Crippen LogP contribution is -2.07. The van der Waals surface area contributed by atoms with Crippen molar-refractivity contribution in [3.63, 3.8) is 0 Å². The molecule has 0 N–H and O–H groups in total. The van der Waals surface area contributed by atoms with Gasteiger partial charge in [-0.3, -0.25) is 9.13 Å². The molecule has 0 amide bonds. The maximum absolute atomic E-state index is 15.0. The Hall–Kier alpha value is -6.44. The Morgan fingerprint density at radius 1 is 0.585 bits per heavy atom. The average Bonchev–Trinajstić information content (AvgIpc) is 3.70. The number of alkyl halides is 6. The predicted octanol–water partition coefficient (Wildman–Crippen LogP) is 12.2. The summed E-state index contributed by atoms with van der Waals surface area (Å²) in [5.41, 5.74) is -1.53. The van der Waals surface area contributed by atoms with E-state index in [2.05, 4.69) is 9.97 Å². The van der Waals surface area contributed by atoms with Crippen molar-refractivity contribution in [1.82, 2.24) is 19.1 Å². The van der Waals surface area contributed by atoms with Crippen LogP contribution in [0.25, 0.3) is 44.6 Å². The molecule has 0 atom stereocenters. The fraction of sp³-hybridized carbons (Fsp3) is 0.156. The van der Waals surface area contributed by atoms with Crippen molar-refractivity contribution in [3.8, 4) is 45.5 Å². The second kappa shape index (κ2) is 15.9. The molecule has 8 aromatic rings. The van der Waals surface area contributed by atoms with Crippen molar-refractivity contribution in [3.05, 3.63) is 142 Å². The summed E-state index contributed by atoms with van der Waals surface area (Å²) in [5, 5.41) is -0.00957. The highest BCUT2D eigenvalue weighted by Crippen LogP contribution is 2.44. The van der Waals surface area contributed by atoms with E-state index in [1.54, 1.807) is 13.0 Å². The SMILES string of the molecule is Cc1cc(Oc2cc(F)cc(S(C)(=O)=O)c2)ccc1-n1c(C)nc2c(C(F)(F)F)cc(-c3ccc(S(C)(=O)=O)cc3Oc3ccc(-n4c(C)nc5c(C(F)(F)F)cccc54)c(Cl)c3)cc21. The largest absolute Gasteiger partial charge is 0.457 e. The second-order valence-electron chi connectivity index (χ2n) is 15.1. The van der Waals surface area contributed by atoms with Gasteiger partial charge >= 0.3 is 12.4 Å². The van der Waals surface area contributed by atoms with Crippen molar-refractivity contribution in [2.24, 2.45) is 0 Å². The number of fused-ring (bicyclic) bond motifs is 2. The normalized spacial score (nSPS) is 12.6. The lowest BCUT2D eigenvalue weighted by molar-refractivity contribution is -0.137. The van der Waals surface area contributed by atoms with Gasteiger partial charge in [-0.2, -0.15) is 26.3 Å². The molecular weight excluding hydrogens is 925 g/mol. The van der Waals surface area contributed by atoms with Crippen LogP contribution in [0.4, 0.5) is 30.7 Å². The third-order valence-corrected chi connectivity index (χ3v) is 12.9. The quantitative estimate of drug-likeness (QED) is 0.131. The van der Waals surface area contributed by atoms with E-state index in [-0.39, 0.29) is 82.8 Å². The number of aromatic nitrogens is 4. The van der Waals surface area contributed by atoms with Gasteiger partial charge in [-0.1, -0.05) is 17.7 Å². The van der Waals surface area contributed by atoms with Crippen LogP contribution < -0.4 is 9.47 Å². The van der Waals surface area contributed by atoms with E-state index >= 15 is 0 Å². The first-order valence-electron chi connectivity index (χ1n) is 19.1. The maximum Gasteiger partial charge on any atom is 0.418 e. The molecule has 0 aliphatic carbocycles. The van der Waals surface area contributed by atoms with Gasteiger partial charge in [0.1, 0.15) is 51.5 Å². The van der Waals surface area contributed by atoms with Gasteiger partial charge in [-0.05, 0) is 111 Å². The first-order valence-corrected chi connectivity index (χ1v) is 23.2. The number of sulfone groups is 2. The molecule has 65 heavy (non-hydrogen) atoms. The fourth-order valence-corrected chi connectivity index (χ4v) is 9.07. The fourth-order valence-electron chi connectivity index (χ4n) is 7.52. The molecule has 0 unspecified atom stereocenters. The maximum atomic E-state index is 15.0. The van der Waals surface area contributed by atoms with E-state index in [1.807, 2.05) is 0 Å². The van der Waals surface area contributed by atoms with E-state index in [0.29, 0.717) is 11.3 Å². The Morgan fingerprint density at radius 2 is 1.18 bits per heavy atom. The Morgan fingerprint density at radius 3 is 1.78 bits per heavy atom. The summed E-state index contributed by atoms with van der Waals surface area (Å²) >= 11 is 6.73. The minimum Gasteiger partial charge on any atom is -0.457 e. The zero-order valence-corrected chi connectivity index (χ0v) is 36.8. The topological polar surface area (TPSA) is 122 Å². The van der Waals surface area contributed by atoms with Crippen LogP contribution in [0.15, 0.2) is 113 Å². The molecule has 0 aliphatic rings. The minimum atomic E-state index is -4.93. The second-order valence-corrected chi connectivity index (χ2v) is 19.6. The smallest absolute Gasteiger partial charge is 0.418 e. The van der Waals surface area contributed by atoms with Gasteiger partial charge in [-0.15, -0.1) is 0 Å². The van der Waals surface area contributed by atoms with Gasteiger partial charge < -0.3 is 9.47 Å². The number of halogens is 8. The van der Waals surface area contributed by atoms with Gasteiger partial charge in [0.2, 0.25) is 0 Å². The lowest BCUT2D eigenvalue weighted by atomic mass is 10.00. The number of hydrogen-bond donors (Lipinski definition) is 0. The van der Waals surface area contributed by atoms with Crippen LogP contribution in [-0.4, -0.2) is 48.4 Å². The molecule has 336 valence electrons. The van der Waals surface area contributed by atoms with Crippen LogP contribution in [0.3, 0.4) is 0 Å². The van der Waals surface area contributed by atoms with Gasteiger partial charge in [0.05, 0.1) is 48.3 Å². The van der Waals surface area contributed by atoms with Crippen molar-refractivity contribution in [1.29, 1.82) is 0 Å². The van der Waals surface area contributed by atoms with Gasteiger partial charge in [0.25, 0.3) is 0 Å². The summed E-state index contributed by atoms with van der Waals surface area (Å²) in [5.74, 6) is -0.613. The molecule has 6 aromatic carbocycles. The molecule has 0 aliphatic heterocycles. The molecule has 0 bridgehead atoms. The first-order chi connectivity index (χ1) is 30.3. The molecule has 10 nitrogen and oxygen atoms in total. The highest BCUT2D eigenvalue weighted by Gasteiger charge is 2.36. The Kier molecular flexibility index (Phi) is 11.1. The lowest BCUT2D eigenvalue weighted by Gasteiger charge is -2.17. The van der Waals surface area contributed by atoms with Crippen LogP contribution in [0.2, 0.25) is 5.02 Å². The molecule has 0 spiro atoms. The third kappa shape index (κ3) is 8.74. The number of aryl methyl sites for hydroxylation is 3. The summed E-state index contributed by atoms with van der Waals surface area (Å²) < 4.78 is 165. The van der Waals surface area contributed by atoms with Crippen LogP contribution in [-0.2, 0) is 32.0 Å². The van der Waals surface area contributed by atoms with Crippen molar-refractivity contribution < 1.29 is 57.0 Å². The van der Waals surface area contributed by atoms with Crippen LogP contribution in [0, 0.1) is 26.6 Å². The number of rotatable bonds is 9. The standard InChI is InChI=1S/C45H32ClF7N4O6S2/c1-23-15-28(62-30-18-27(47)19-32(20-30)65(5,60)61)9-13-37(23)56-24(2)55-43-35(45(51,52)53)16-26(17-40(43)56)33-12-11-31(64(4,58)59)22-41(33)63-29-10-14-38(36(46)21-29)57-25(3)54-42-34(44(48,49)50)7-6-8-39(42)57/h6-22H,1-5H3. The first kappa shape index (κ1) is 45.1. The van der Waals surface area contributed by atoms with Crippen molar-refractivity contribution in [2.45, 2.75) is 42.9 Å². The number of para-hydroxylation sites is 1. The molecule has 8 rings (SSSR count). The Bertz CT molecular complexity index is 3500. The number of benzene rings is 6. The summed E-state index contributed by atoms with van der Waals surface area (Å²) in [6, 6.07) is 21.3. The number of hydrogen-bond acceptors (Lipinski definition) is 8. The van der Waals surface area contributed by atoms with Crippen LogP contribution in [0.5, 0.6) is 23.0 Å². The zero-order valence-electron chi connectivity index (χ0n) is 34.4. The average molecular weight is 957 g/mol. The van der Waals surface area contributed by atoms with E-state index in [4.69, 9.17) is 21.1 Å². The number of nitrogens with zero attached hydrogens (tertiary/aromatic N) is 4. The summed E-state index contributed by atoms with van der Waals surface area (Å²) in [6.45, 7) is 4.66. The third-order valence-electron chi connectivity index (χ3n) is 10.4. The van der Waals surface area contributed by atoms with Crippen molar-refractivity contribution in [2.75, 3.05) is 12.5 Å². The van der Waals surface area contributed by atoms with Crippen LogP contribution in [0.1, 0.15) is 28.3 Å². The van der Waals surface area contributed by atoms with Gasteiger partial charge in [0.15, 0.2) is 19.7 Å². The van der Waals surface area contributed by atoms with E-state index in [0.717, 1.165) is 48.9 Å². The summed E-state index contributed by atoms with van der Waals surface area (Å²) in [4.78, 5) is 7.93. The summed E-state index contributed by atoms with van der Waals surface area (Å²) in [7, 11) is -7.67. The van der Waals surface area contributed by atoms with E-state index in [9.17, 15) is 47.6 Å². The van der Waals surface area contributed by atoms with E-state index in [1.165, 1.54) is 83.6 Å². The molecular formula is C45H32ClF7N4O6S2. The Labute approximate surface area is 371 Å². The monoisotopic (exact) mass is 956 g/mol. The predicted molar refractivity (Wildman–Crippen MR) is 230 cm³/mol. The van der Waals surface area contributed by atoms with Gasteiger partial charge in [-0.25, -0.2) is 31.2 Å². The molecule has 0 fully saturated rings. The highest BCUT2D eigenvalue weighted by atomic mass is 35.5. The summed E-state index contributed by atoms with van der Waals surface area (Å²) in [6.07, 6.45) is -7.76. The molecule has 20 heteroatoms. The molecule has 2 aromatic heterocycles. The highest BCUT2D eigenvalue weighted by molar-refractivity contribution is 7.91. The number of ether oxygens (including phenoxy) is 2. The number of imidazole rings is 2. The zero-order chi connectivity index (χ0) is 47.1. The minimum absolute atomic E-state index is 0.00503. The molecule has 0 saturated carbocycles. The van der Waals surface area contributed by atoms with E-state index < -0.39 is 54.5 Å². The molecule has 0 radical (unpaired) electrons.